The van der Waals surface area contributed by atoms with Gasteiger partial charge in [0.1, 0.15) is 23.0 Å². The van der Waals surface area contributed by atoms with Crippen molar-refractivity contribution in [2.24, 2.45) is 0 Å². The molecule has 1 unspecified atom stereocenters. The molecule has 3 rings (SSSR count). The molecule has 1 aromatic carbocycles. The average Bonchev–Trinajstić information content (AvgIpc) is 2.95. The average molecular weight is 371 g/mol. The minimum Gasteiger partial charge on any atom is -0.481 e. The van der Waals surface area contributed by atoms with Crippen molar-refractivity contribution in [2.75, 3.05) is 5.32 Å². The molecule has 0 radical (unpaired) electrons. The molecule has 0 aliphatic carbocycles. The predicted octanol–water partition coefficient (Wildman–Crippen LogP) is 3.40. The second-order valence-corrected chi connectivity index (χ2v) is 6.97. The van der Waals surface area contributed by atoms with Gasteiger partial charge < -0.3 is 15.5 Å². The Balaban J connectivity index is 2.06. The molecular weight excluding hydrogens is 354 g/mol. The van der Waals surface area contributed by atoms with Gasteiger partial charge in [0, 0.05) is 16.9 Å². The molecule has 0 aliphatic rings. The highest BCUT2D eigenvalue weighted by molar-refractivity contribution is 7.19. The van der Waals surface area contributed by atoms with Gasteiger partial charge in [-0.2, -0.15) is 0 Å². The van der Waals surface area contributed by atoms with Crippen molar-refractivity contribution in [3.8, 4) is 11.1 Å². The molecule has 3 aromatic rings. The molecule has 2 heterocycles. The number of nitrogens with zero attached hydrogens (tertiary/aromatic N) is 2. The Morgan fingerprint density at radius 3 is 2.58 bits per heavy atom. The number of aliphatic carboxylic acids is 2. The van der Waals surface area contributed by atoms with E-state index in [2.05, 4.69) is 15.3 Å². The van der Waals surface area contributed by atoms with Crippen molar-refractivity contribution in [2.45, 2.75) is 25.8 Å². The summed E-state index contributed by atoms with van der Waals surface area (Å²) in [5.41, 5.74) is 1.95. The fourth-order valence-corrected chi connectivity index (χ4v) is 3.81. The summed E-state index contributed by atoms with van der Waals surface area (Å²) in [6.45, 7) is 1.98. The van der Waals surface area contributed by atoms with Gasteiger partial charge in [-0.25, -0.2) is 14.8 Å². The van der Waals surface area contributed by atoms with E-state index in [1.54, 1.807) is 0 Å². The maximum absolute atomic E-state index is 11.5. The number of carboxylic acids is 2. The number of hydrogen-bond donors (Lipinski definition) is 3. The first kappa shape index (κ1) is 17.8. The third-order valence-corrected chi connectivity index (χ3v) is 5.00. The monoisotopic (exact) mass is 371 g/mol. The second kappa shape index (κ2) is 7.49. The summed E-state index contributed by atoms with van der Waals surface area (Å²) in [6, 6.07) is 8.70. The first-order valence-corrected chi connectivity index (χ1v) is 8.79. The van der Waals surface area contributed by atoms with Crippen LogP contribution in [0.1, 0.15) is 17.7 Å². The van der Waals surface area contributed by atoms with Crippen molar-refractivity contribution in [1.82, 2.24) is 9.97 Å². The normalized spacial score (nSPS) is 12.0. The van der Waals surface area contributed by atoms with Gasteiger partial charge in [0.25, 0.3) is 0 Å². The Labute approximate surface area is 153 Å². The Hall–Kier alpha value is -3.00. The molecule has 26 heavy (non-hydrogen) atoms. The molecule has 8 heteroatoms. The lowest BCUT2D eigenvalue weighted by Gasteiger charge is -2.15. The highest BCUT2D eigenvalue weighted by Gasteiger charge is 2.23. The standard InChI is InChI=1S/C18H17N3O4S/c1-10-14(11-5-3-2-4-6-11)15-16(19-9-20-17(15)26-10)21-12(18(24)25)7-8-13(22)23/h2-6,9,12H,7-8H2,1H3,(H,22,23)(H,24,25)(H,19,20,21). The summed E-state index contributed by atoms with van der Waals surface area (Å²) in [5.74, 6) is -1.76. The summed E-state index contributed by atoms with van der Waals surface area (Å²) < 4.78 is 0. The van der Waals surface area contributed by atoms with Gasteiger partial charge >= 0.3 is 11.9 Å². The van der Waals surface area contributed by atoms with Crippen molar-refractivity contribution in [3.05, 3.63) is 41.5 Å². The maximum Gasteiger partial charge on any atom is 0.326 e. The number of hydrogen-bond acceptors (Lipinski definition) is 6. The Kier molecular flexibility index (Phi) is 5.13. The van der Waals surface area contributed by atoms with E-state index in [1.165, 1.54) is 17.7 Å². The van der Waals surface area contributed by atoms with Crippen molar-refractivity contribution >= 4 is 39.3 Å². The number of thiophene rings is 1. The lowest BCUT2D eigenvalue weighted by atomic mass is 10.0. The third kappa shape index (κ3) is 3.65. The van der Waals surface area contributed by atoms with Crippen LogP contribution in [0.25, 0.3) is 21.3 Å². The summed E-state index contributed by atoms with van der Waals surface area (Å²) in [7, 11) is 0. The van der Waals surface area contributed by atoms with Crippen LogP contribution in [-0.4, -0.2) is 38.2 Å². The summed E-state index contributed by atoms with van der Waals surface area (Å²) in [4.78, 5) is 32.6. The molecule has 0 saturated heterocycles. The van der Waals surface area contributed by atoms with Crippen molar-refractivity contribution in [3.63, 3.8) is 0 Å². The van der Waals surface area contributed by atoms with Gasteiger partial charge in [-0.3, -0.25) is 4.79 Å². The van der Waals surface area contributed by atoms with Crippen LogP contribution in [0.2, 0.25) is 0 Å². The summed E-state index contributed by atoms with van der Waals surface area (Å²) in [6.07, 6.45) is 1.10. The molecule has 0 aliphatic heterocycles. The minimum absolute atomic E-state index is 0.0417. The van der Waals surface area contributed by atoms with Crippen molar-refractivity contribution in [1.29, 1.82) is 0 Å². The van der Waals surface area contributed by atoms with Gasteiger partial charge in [-0.15, -0.1) is 11.3 Å². The summed E-state index contributed by atoms with van der Waals surface area (Å²) in [5, 5.41) is 21.9. The molecule has 0 spiro atoms. The zero-order chi connectivity index (χ0) is 18.7. The van der Waals surface area contributed by atoms with E-state index in [0.29, 0.717) is 5.82 Å². The van der Waals surface area contributed by atoms with E-state index in [9.17, 15) is 14.7 Å². The molecule has 7 nitrogen and oxygen atoms in total. The van der Waals surface area contributed by atoms with Crippen LogP contribution in [0.5, 0.6) is 0 Å². The molecule has 3 N–H and O–H groups in total. The van der Waals surface area contributed by atoms with Gasteiger partial charge in [0.2, 0.25) is 0 Å². The molecule has 1 atom stereocenters. The van der Waals surface area contributed by atoms with E-state index < -0.39 is 18.0 Å². The molecule has 0 bridgehead atoms. The number of nitrogens with one attached hydrogen (secondary N) is 1. The maximum atomic E-state index is 11.5. The van der Waals surface area contributed by atoms with E-state index in [4.69, 9.17) is 5.11 Å². The lowest BCUT2D eigenvalue weighted by molar-refractivity contribution is -0.139. The number of benzene rings is 1. The van der Waals surface area contributed by atoms with E-state index in [0.717, 1.165) is 26.2 Å². The lowest BCUT2D eigenvalue weighted by Crippen LogP contribution is -2.30. The van der Waals surface area contributed by atoms with Crippen LogP contribution in [0.3, 0.4) is 0 Å². The highest BCUT2D eigenvalue weighted by Crippen LogP contribution is 2.40. The highest BCUT2D eigenvalue weighted by atomic mass is 32.1. The summed E-state index contributed by atoms with van der Waals surface area (Å²) >= 11 is 1.51. The number of carbonyl (C=O) groups is 2. The number of aryl methyl sites for hydroxylation is 1. The Morgan fingerprint density at radius 2 is 1.92 bits per heavy atom. The fourth-order valence-electron chi connectivity index (χ4n) is 2.80. The Morgan fingerprint density at radius 1 is 1.19 bits per heavy atom. The zero-order valence-corrected chi connectivity index (χ0v) is 14.8. The predicted molar refractivity (Wildman–Crippen MR) is 99.5 cm³/mol. The Bertz CT molecular complexity index is 956. The fraction of sp³-hybridized carbons (Fsp3) is 0.222. The number of carboxylic acid groups (broad SMARTS) is 2. The van der Waals surface area contributed by atoms with Crippen molar-refractivity contribution < 1.29 is 19.8 Å². The number of fused-ring (bicyclic) bond motifs is 1. The van der Waals surface area contributed by atoms with Gasteiger partial charge in [0.15, 0.2) is 0 Å². The van der Waals surface area contributed by atoms with Crippen LogP contribution in [0.4, 0.5) is 5.82 Å². The number of rotatable bonds is 7. The zero-order valence-electron chi connectivity index (χ0n) is 14.0. The number of anilines is 1. The molecular formula is C18H17N3O4S. The van der Waals surface area contributed by atoms with Crippen LogP contribution in [-0.2, 0) is 9.59 Å². The van der Waals surface area contributed by atoms with E-state index in [-0.39, 0.29) is 12.8 Å². The first-order valence-electron chi connectivity index (χ1n) is 7.98. The van der Waals surface area contributed by atoms with E-state index >= 15 is 0 Å². The minimum atomic E-state index is -1.12. The topological polar surface area (TPSA) is 112 Å². The van der Waals surface area contributed by atoms with Crippen LogP contribution >= 0.6 is 11.3 Å². The first-order chi connectivity index (χ1) is 12.5. The molecule has 0 saturated carbocycles. The van der Waals surface area contributed by atoms with Gasteiger partial charge in [-0.05, 0) is 18.9 Å². The quantitative estimate of drug-likeness (QED) is 0.583. The van der Waals surface area contributed by atoms with Gasteiger partial charge in [0.05, 0.1) is 5.39 Å². The van der Waals surface area contributed by atoms with Crippen LogP contribution in [0, 0.1) is 6.92 Å². The van der Waals surface area contributed by atoms with Gasteiger partial charge in [-0.1, -0.05) is 30.3 Å². The molecule has 0 amide bonds. The molecule has 134 valence electrons. The largest absolute Gasteiger partial charge is 0.481 e. The number of aromatic nitrogens is 2. The second-order valence-electron chi connectivity index (χ2n) is 5.77. The third-order valence-electron chi connectivity index (χ3n) is 3.98. The SMILES string of the molecule is Cc1sc2ncnc(NC(CCC(=O)O)C(=O)O)c2c1-c1ccccc1. The molecule has 2 aromatic heterocycles. The van der Waals surface area contributed by atoms with Crippen LogP contribution in [0.15, 0.2) is 36.7 Å². The molecule has 0 fully saturated rings. The smallest absolute Gasteiger partial charge is 0.326 e. The van der Waals surface area contributed by atoms with Crippen LogP contribution < -0.4 is 5.32 Å². The van der Waals surface area contributed by atoms with E-state index in [1.807, 2.05) is 37.3 Å².